The van der Waals surface area contributed by atoms with E-state index in [0.29, 0.717) is 11.4 Å². The molecule has 0 N–H and O–H groups in total. The third-order valence-corrected chi connectivity index (χ3v) is 8.87. The molecular weight excluding hydrogens is 522 g/mol. The molecule has 0 radical (unpaired) electrons. The molecule has 1 aliphatic carbocycles. The number of hydrogen-bond donors (Lipinski definition) is 0. The molecule has 7 aromatic carbocycles. The standard InChI is InChI=1S/C40H21N3/c1-41-30-11-14-39-37(22-30)38-23-31(42-2)12-15-40(38)43(39)32-13-10-27-19-34-33-18-26-9-8-25(24-6-4-3-5-7-24)16-28(26)20-35(33)36(34)21-29(27)17-32/h3-23H. The van der Waals surface area contributed by atoms with Crippen LogP contribution in [0.2, 0.25) is 0 Å². The highest BCUT2D eigenvalue weighted by Crippen LogP contribution is 2.50. The zero-order valence-corrected chi connectivity index (χ0v) is 23.0. The van der Waals surface area contributed by atoms with E-state index in [1.54, 1.807) is 0 Å². The van der Waals surface area contributed by atoms with Crippen molar-refractivity contribution in [3.05, 3.63) is 150 Å². The molecule has 0 amide bonds. The van der Waals surface area contributed by atoms with Gasteiger partial charge in [0.1, 0.15) is 0 Å². The van der Waals surface area contributed by atoms with Crippen molar-refractivity contribution in [1.82, 2.24) is 4.57 Å². The van der Waals surface area contributed by atoms with E-state index < -0.39 is 0 Å². The highest BCUT2D eigenvalue weighted by atomic mass is 15.0. The van der Waals surface area contributed by atoms with Gasteiger partial charge in [-0.25, -0.2) is 9.69 Å². The summed E-state index contributed by atoms with van der Waals surface area (Å²) in [5.74, 6) is 0. The van der Waals surface area contributed by atoms with Crippen LogP contribution in [0.15, 0.2) is 127 Å². The van der Waals surface area contributed by atoms with E-state index >= 15 is 0 Å². The summed E-state index contributed by atoms with van der Waals surface area (Å²) in [5, 5.41) is 6.88. The van der Waals surface area contributed by atoms with Gasteiger partial charge < -0.3 is 4.57 Å². The normalized spacial score (nSPS) is 11.7. The highest BCUT2D eigenvalue weighted by Gasteiger charge is 2.24. The van der Waals surface area contributed by atoms with E-state index in [-0.39, 0.29) is 0 Å². The molecule has 196 valence electrons. The summed E-state index contributed by atoms with van der Waals surface area (Å²) < 4.78 is 2.25. The first-order valence-electron chi connectivity index (χ1n) is 14.2. The first-order chi connectivity index (χ1) is 21.2. The Labute approximate surface area is 248 Å². The molecule has 0 unspecified atom stereocenters. The lowest BCUT2D eigenvalue weighted by Gasteiger charge is -2.26. The van der Waals surface area contributed by atoms with E-state index in [0.717, 1.165) is 27.5 Å². The fourth-order valence-corrected chi connectivity index (χ4v) is 6.78. The molecule has 0 aliphatic heterocycles. The van der Waals surface area contributed by atoms with Gasteiger partial charge in [0.2, 0.25) is 0 Å². The number of nitrogens with zero attached hydrogens (tertiary/aromatic N) is 3. The SMILES string of the molecule is [C-]#[N+]c1ccc2c(c1)c1cc([N+]#[C-])ccc1n2-c1ccc2cc3c(cc2c1)-c1cc2cc(-c4ccccc4)ccc2cc1-3. The number of benzene rings is 7. The Hall–Kier alpha value is -6.16. The van der Waals surface area contributed by atoms with Crippen LogP contribution in [-0.2, 0) is 0 Å². The van der Waals surface area contributed by atoms with Crippen molar-refractivity contribution in [3.63, 3.8) is 0 Å². The number of rotatable bonds is 2. The summed E-state index contributed by atoms with van der Waals surface area (Å²) in [7, 11) is 0. The zero-order valence-electron chi connectivity index (χ0n) is 23.0. The maximum absolute atomic E-state index is 7.53. The molecule has 0 atom stereocenters. The second kappa shape index (κ2) is 8.67. The Bertz CT molecular complexity index is 2500. The Balaban J connectivity index is 1.20. The van der Waals surface area contributed by atoms with Crippen molar-refractivity contribution < 1.29 is 0 Å². The van der Waals surface area contributed by atoms with Crippen LogP contribution in [0.4, 0.5) is 11.4 Å². The number of fused-ring (bicyclic) bond motifs is 9. The van der Waals surface area contributed by atoms with Gasteiger partial charge >= 0.3 is 0 Å². The van der Waals surface area contributed by atoms with Gasteiger partial charge in [-0.3, -0.25) is 0 Å². The van der Waals surface area contributed by atoms with Gasteiger partial charge in [-0.2, -0.15) is 0 Å². The molecule has 3 nitrogen and oxygen atoms in total. The number of hydrogen-bond acceptors (Lipinski definition) is 0. The van der Waals surface area contributed by atoms with Crippen LogP contribution in [-0.4, -0.2) is 4.57 Å². The lowest BCUT2D eigenvalue weighted by molar-refractivity contribution is 1.19. The van der Waals surface area contributed by atoms with Gasteiger partial charge in [-0.15, -0.1) is 0 Å². The molecule has 1 aliphatic rings. The van der Waals surface area contributed by atoms with Crippen LogP contribution in [0.1, 0.15) is 0 Å². The van der Waals surface area contributed by atoms with Crippen molar-refractivity contribution in [2.24, 2.45) is 0 Å². The Kier molecular flexibility index (Phi) is 4.74. The molecule has 0 saturated carbocycles. The van der Waals surface area contributed by atoms with Crippen molar-refractivity contribution in [2.75, 3.05) is 0 Å². The minimum Gasteiger partial charge on any atom is -0.309 e. The van der Waals surface area contributed by atoms with Crippen LogP contribution in [0, 0.1) is 13.1 Å². The maximum Gasteiger partial charge on any atom is 0.188 e. The predicted octanol–water partition coefficient (Wildman–Crippen LogP) is 11.5. The van der Waals surface area contributed by atoms with Gasteiger partial charge in [0, 0.05) is 5.69 Å². The van der Waals surface area contributed by atoms with Crippen molar-refractivity contribution in [3.8, 4) is 39.1 Å². The summed E-state index contributed by atoms with van der Waals surface area (Å²) in [6.07, 6.45) is 0. The van der Waals surface area contributed by atoms with Gasteiger partial charge in [0.15, 0.2) is 11.4 Å². The monoisotopic (exact) mass is 543 g/mol. The second-order valence-electron chi connectivity index (χ2n) is 11.2. The van der Waals surface area contributed by atoms with Crippen LogP contribution in [0.5, 0.6) is 0 Å². The van der Waals surface area contributed by atoms with Crippen molar-refractivity contribution in [1.29, 1.82) is 0 Å². The molecule has 9 rings (SSSR count). The summed E-state index contributed by atoms with van der Waals surface area (Å²) in [6.45, 7) is 15.1. The fourth-order valence-electron chi connectivity index (χ4n) is 6.78. The molecule has 0 spiro atoms. The third-order valence-electron chi connectivity index (χ3n) is 8.87. The maximum atomic E-state index is 7.53. The molecule has 8 aromatic rings. The number of aromatic nitrogens is 1. The molecule has 0 fully saturated rings. The smallest absolute Gasteiger partial charge is 0.188 e. The van der Waals surface area contributed by atoms with Gasteiger partial charge in [0.25, 0.3) is 0 Å². The quantitative estimate of drug-likeness (QED) is 0.193. The second-order valence-corrected chi connectivity index (χ2v) is 11.2. The molecular formula is C40H21N3. The molecule has 1 heterocycles. The van der Waals surface area contributed by atoms with Crippen LogP contribution < -0.4 is 0 Å². The molecule has 3 heteroatoms. The Morgan fingerprint density at radius 3 is 1.53 bits per heavy atom. The molecule has 1 aromatic heterocycles. The van der Waals surface area contributed by atoms with Crippen LogP contribution in [0.3, 0.4) is 0 Å². The largest absolute Gasteiger partial charge is 0.309 e. The van der Waals surface area contributed by atoms with Crippen molar-refractivity contribution in [2.45, 2.75) is 0 Å². The van der Waals surface area contributed by atoms with E-state index in [1.165, 1.54) is 54.9 Å². The van der Waals surface area contributed by atoms with E-state index in [9.17, 15) is 0 Å². The predicted molar refractivity (Wildman–Crippen MR) is 178 cm³/mol. The minimum atomic E-state index is 0.597. The van der Waals surface area contributed by atoms with E-state index in [1.807, 2.05) is 36.4 Å². The van der Waals surface area contributed by atoms with Crippen LogP contribution >= 0.6 is 0 Å². The highest BCUT2D eigenvalue weighted by molar-refractivity contribution is 6.13. The first-order valence-corrected chi connectivity index (χ1v) is 14.2. The van der Waals surface area contributed by atoms with E-state index in [2.05, 4.69) is 105 Å². The van der Waals surface area contributed by atoms with Gasteiger partial charge in [0.05, 0.1) is 24.2 Å². The molecule has 0 saturated heterocycles. The minimum absolute atomic E-state index is 0.597. The third kappa shape index (κ3) is 3.40. The summed E-state index contributed by atoms with van der Waals surface area (Å²) in [5.41, 5.74) is 12.0. The Morgan fingerprint density at radius 1 is 0.419 bits per heavy atom. The summed E-state index contributed by atoms with van der Waals surface area (Å²) in [6, 6.07) is 44.9. The van der Waals surface area contributed by atoms with Crippen LogP contribution in [0.25, 0.3) is 92.1 Å². The fraction of sp³-hybridized carbons (Fsp3) is 0. The summed E-state index contributed by atoms with van der Waals surface area (Å²) >= 11 is 0. The zero-order chi connectivity index (χ0) is 28.7. The summed E-state index contributed by atoms with van der Waals surface area (Å²) in [4.78, 5) is 7.31. The average Bonchev–Trinajstić information content (AvgIpc) is 3.39. The average molecular weight is 544 g/mol. The topological polar surface area (TPSA) is 13.7 Å². The van der Waals surface area contributed by atoms with Crippen molar-refractivity contribution >= 4 is 54.7 Å². The lowest BCUT2D eigenvalue weighted by atomic mass is 9.77. The lowest BCUT2D eigenvalue weighted by Crippen LogP contribution is -2.00. The van der Waals surface area contributed by atoms with Gasteiger partial charge in [-0.05, 0) is 132 Å². The van der Waals surface area contributed by atoms with Gasteiger partial charge in [-0.1, -0.05) is 60.7 Å². The van der Waals surface area contributed by atoms with E-state index in [4.69, 9.17) is 13.1 Å². The Morgan fingerprint density at radius 2 is 0.953 bits per heavy atom. The molecule has 0 bridgehead atoms. The molecule has 43 heavy (non-hydrogen) atoms. The first kappa shape index (κ1) is 23.5.